The zero-order chi connectivity index (χ0) is 14.8. The number of hydrogen-bond acceptors (Lipinski definition) is 1. The third-order valence-electron chi connectivity index (χ3n) is 3.09. The summed E-state index contributed by atoms with van der Waals surface area (Å²) in [6, 6.07) is 14.4. The Bertz CT molecular complexity index is 563. The quantitative estimate of drug-likeness (QED) is 0.608. The van der Waals surface area contributed by atoms with Gasteiger partial charge in [-0.05, 0) is 60.5 Å². The maximum absolute atomic E-state index is 5.93. The van der Waals surface area contributed by atoms with Crippen molar-refractivity contribution in [3.05, 3.63) is 62.5 Å². The van der Waals surface area contributed by atoms with Crippen LogP contribution in [0.3, 0.4) is 0 Å². The molecule has 2 rings (SSSR count). The monoisotopic (exact) mass is 396 g/mol. The van der Waals surface area contributed by atoms with Gasteiger partial charge in [-0.1, -0.05) is 51.1 Å². The number of benzene rings is 2. The predicted molar refractivity (Wildman–Crippen MR) is 91.3 cm³/mol. The number of halogens is 2. The van der Waals surface area contributed by atoms with Crippen LogP contribution in [-0.4, -0.2) is 0 Å². The minimum atomic E-state index is 0.114. The minimum absolute atomic E-state index is 0.114. The van der Waals surface area contributed by atoms with Crippen molar-refractivity contribution >= 4 is 31.9 Å². The van der Waals surface area contributed by atoms with Crippen molar-refractivity contribution in [3.8, 4) is 5.75 Å². The summed E-state index contributed by atoms with van der Waals surface area (Å²) in [4.78, 5) is 0. The fraction of sp³-hybridized carbons (Fsp3) is 0.294. The molecule has 0 unspecified atom stereocenters. The number of rotatable bonds is 3. The molecule has 0 fully saturated rings. The molecule has 0 atom stereocenters. The predicted octanol–water partition coefficient (Wildman–Crippen LogP) is 6.09. The van der Waals surface area contributed by atoms with Crippen LogP contribution in [0.2, 0.25) is 0 Å². The van der Waals surface area contributed by atoms with Gasteiger partial charge in [0.25, 0.3) is 0 Å². The van der Waals surface area contributed by atoms with Gasteiger partial charge < -0.3 is 4.74 Å². The van der Waals surface area contributed by atoms with E-state index in [0.717, 1.165) is 20.3 Å². The zero-order valence-electron chi connectivity index (χ0n) is 11.9. The number of ether oxygens (including phenoxy) is 1. The van der Waals surface area contributed by atoms with Gasteiger partial charge in [-0.15, -0.1) is 0 Å². The molecule has 0 amide bonds. The summed E-state index contributed by atoms with van der Waals surface area (Å²) in [5.74, 6) is 0.849. The van der Waals surface area contributed by atoms with Crippen molar-refractivity contribution in [2.75, 3.05) is 0 Å². The third-order valence-corrected chi connectivity index (χ3v) is 4.27. The summed E-state index contributed by atoms with van der Waals surface area (Å²) < 4.78 is 7.89. The molecule has 0 heterocycles. The molecule has 2 aromatic carbocycles. The van der Waals surface area contributed by atoms with Crippen LogP contribution in [0.1, 0.15) is 31.9 Å². The molecular weight excluding hydrogens is 380 g/mol. The summed E-state index contributed by atoms with van der Waals surface area (Å²) in [5.41, 5.74) is 2.54. The van der Waals surface area contributed by atoms with Crippen LogP contribution in [-0.2, 0) is 12.0 Å². The van der Waals surface area contributed by atoms with Crippen molar-refractivity contribution in [1.29, 1.82) is 0 Å². The highest BCUT2D eigenvalue weighted by Gasteiger charge is 2.18. The summed E-state index contributed by atoms with van der Waals surface area (Å²) in [5, 5.41) is 0. The lowest BCUT2D eigenvalue weighted by atomic mass is 9.87. The highest BCUT2D eigenvalue weighted by Crippen LogP contribution is 2.38. The van der Waals surface area contributed by atoms with Crippen LogP contribution in [0.4, 0.5) is 0 Å². The summed E-state index contributed by atoms with van der Waals surface area (Å²) >= 11 is 7.22. The Morgan fingerprint density at radius 1 is 0.950 bits per heavy atom. The van der Waals surface area contributed by atoms with E-state index in [4.69, 9.17) is 4.74 Å². The lowest BCUT2D eigenvalue weighted by Gasteiger charge is -2.21. The standard InChI is InChI=1S/C17H18Br2O/c1-17(2,3)13-9-14(18)16(15(19)10-13)20-11-12-7-5-4-6-8-12/h4-10H,11H2,1-3H3. The molecule has 3 heteroatoms. The van der Waals surface area contributed by atoms with E-state index in [1.54, 1.807) is 0 Å². The first-order valence-corrected chi connectivity index (χ1v) is 8.13. The topological polar surface area (TPSA) is 9.23 Å². The second-order valence-corrected chi connectivity index (χ2v) is 7.50. The largest absolute Gasteiger partial charge is 0.487 e. The van der Waals surface area contributed by atoms with Gasteiger partial charge in [0.05, 0.1) is 8.95 Å². The SMILES string of the molecule is CC(C)(C)c1cc(Br)c(OCc2ccccc2)c(Br)c1. The average molecular weight is 398 g/mol. The minimum Gasteiger partial charge on any atom is -0.487 e. The van der Waals surface area contributed by atoms with Gasteiger partial charge in [-0.25, -0.2) is 0 Å². The van der Waals surface area contributed by atoms with Crippen LogP contribution in [0.15, 0.2) is 51.4 Å². The maximum Gasteiger partial charge on any atom is 0.148 e. The van der Waals surface area contributed by atoms with Crippen LogP contribution in [0, 0.1) is 0 Å². The third kappa shape index (κ3) is 3.86. The van der Waals surface area contributed by atoms with Gasteiger partial charge >= 0.3 is 0 Å². The van der Waals surface area contributed by atoms with Crippen LogP contribution >= 0.6 is 31.9 Å². The van der Waals surface area contributed by atoms with Crippen molar-refractivity contribution in [1.82, 2.24) is 0 Å². The van der Waals surface area contributed by atoms with E-state index in [9.17, 15) is 0 Å². The second kappa shape index (κ2) is 6.31. The summed E-state index contributed by atoms with van der Waals surface area (Å²) in [6.07, 6.45) is 0. The molecule has 2 aromatic rings. The molecule has 0 aliphatic rings. The first-order chi connectivity index (χ1) is 9.38. The van der Waals surface area contributed by atoms with Gasteiger partial charge in [-0.3, -0.25) is 0 Å². The fourth-order valence-corrected chi connectivity index (χ4v) is 3.28. The molecule has 0 N–H and O–H groups in total. The smallest absolute Gasteiger partial charge is 0.148 e. The molecule has 0 aromatic heterocycles. The van der Waals surface area contributed by atoms with E-state index in [2.05, 4.69) is 76.9 Å². The Kier molecular flexibility index (Phi) is 4.92. The Labute approximate surface area is 137 Å². The van der Waals surface area contributed by atoms with Crippen molar-refractivity contribution in [2.45, 2.75) is 32.8 Å². The van der Waals surface area contributed by atoms with Crippen LogP contribution in [0.25, 0.3) is 0 Å². The van der Waals surface area contributed by atoms with Crippen LogP contribution in [0.5, 0.6) is 5.75 Å². The highest BCUT2D eigenvalue weighted by molar-refractivity contribution is 9.11. The normalized spacial score (nSPS) is 11.4. The highest BCUT2D eigenvalue weighted by atomic mass is 79.9. The lowest BCUT2D eigenvalue weighted by Crippen LogP contribution is -2.11. The van der Waals surface area contributed by atoms with Crippen LogP contribution < -0.4 is 4.74 Å². The summed E-state index contributed by atoms with van der Waals surface area (Å²) in [7, 11) is 0. The molecule has 0 aliphatic heterocycles. The fourth-order valence-electron chi connectivity index (χ4n) is 1.86. The van der Waals surface area contributed by atoms with E-state index in [-0.39, 0.29) is 5.41 Å². The molecule has 0 saturated carbocycles. The van der Waals surface area contributed by atoms with Gasteiger partial charge in [0.15, 0.2) is 0 Å². The Morgan fingerprint density at radius 3 is 2.00 bits per heavy atom. The zero-order valence-corrected chi connectivity index (χ0v) is 15.1. The van der Waals surface area contributed by atoms with Gasteiger partial charge in [-0.2, -0.15) is 0 Å². The second-order valence-electron chi connectivity index (χ2n) is 5.79. The molecular formula is C17H18Br2O. The molecule has 0 radical (unpaired) electrons. The van der Waals surface area contributed by atoms with Gasteiger partial charge in [0.1, 0.15) is 12.4 Å². The van der Waals surface area contributed by atoms with E-state index >= 15 is 0 Å². The first kappa shape index (κ1) is 15.6. The van der Waals surface area contributed by atoms with E-state index in [0.29, 0.717) is 6.61 Å². The first-order valence-electron chi connectivity index (χ1n) is 6.54. The van der Waals surface area contributed by atoms with E-state index in [1.807, 2.05) is 18.2 Å². The van der Waals surface area contributed by atoms with Crippen molar-refractivity contribution in [3.63, 3.8) is 0 Å². The molecule has 106 valence electrons. The molecule has 0 saturated heterocycles. The van der Waals surface area contributed by atoms with Gasteiger partial charge in [0.2, 0.25) is 0 Å². The molecule has 0 spiro atoms. The number of hydrogen-bond donors (Lipinski definition) is 0. The molecule has 20 heavy (non-hydrogen) atoms. The molecule has 1 nitrogen and oxygen atoms in total. The van der Waals surface area contributed by atoms with Crippen molar-refractivity contribution < 1.29 is 4.74 Å². The Morgan fingerprint density at radius 2 is 1.50 bits per heavy atom. The van der Waals surface area contributed by atoms with Gasteiger partial charge in [0, 0.05) is 0 Å². The molecule has 0 bridgehead atoms. The lowest BCUT2D eigenvalue weighted by molar-refractivity contribution is 0.302. The maximum atomic E-state index is 5.93. The Balaban J connectivity index is 2.21. The Hall–Kier alpha value is -0.800. The van der Waals surface area contributed by atoms with Crippen molar-refractivity contribution in [2.24, 2.45) is 0 Å². The molecule has 0 aliphatic carbocycles. The van der Waals surface area contributed by atoms with E-state index in [1.165, 1.54) is 5.56 Å². The summed E-state index contributed by atoms with van der Waals surface area (Å²) in [6.45, 7) is 7.16. The average Bonchev–Trinajstić information content (AvgIpc) is 2.37. The van der Waals surface area contributed by atoms with E-state index < -0.39 is 0 Å².